The third kappa shape index (κ3) is 3.30. The average molecular weight is 285 g/mol. The van der Waals surface area contributed by atoms with E-state index in [0.29, 0.717) is 12.7 Å². The van der Waals surface area contributed by atoms with Crippen molar-refractivity contribution in [1.29, 1.82) is 0 Å². The van der Waals surface area contributed by atoms with Crippen molar-refractivity contribution in [3.63, 3.8) is 0 Å². The van der Waals surface area contributed by atoms with Gasteiger partial charge in [0.15, 0.2) is 0 Å². The topological polar surface area (TPSA) is 18.5 Å². The first-order chi connectivity index (χ1) is 7.90. The number of rotatable bonds is 5. The summed E-state index contributed by atoms with van der Waals surface area (Å²) in [4.78, 5) is 0. The first-order valence-corrected chi connectivity index (χ1v) is 6.86. The van der Waals surface area contributed by atoms with Gasteiger partial charge in [0.2, 0.25) is 0 Å². The Morgan fingerprint density at radius 2 is 2.19 bits per heavy atom. The number of hydrogen-bond donors (Lipinski definition) is 0. The van der Waals surface area contributed by atoms with Crippen LogP contribution in [0.3, 0.4) is 0 Å². The molecule has 88 valence electrons. The molecule has 0 aliphatic carbocycles. The van der Waals surface area contributed by atoms with Crippen LogP contribution in [-0.4, -0.2) is 24.6 Å². The van der Waals surface area contributed by atoms with Crippen molar-refractivity contribution >= 4 is 15.9 Å². The molecule has 0 spiro atoms. The highest BCUT2D eigenvalue weighted by molar-refractivity contribution is 9.09. The van der Waals surface area contributed by atoms with Crippen molar-refractivity contribution in [2.24, 2.45) is 0 Å². The predicted molar refractivity (Wildman–Crippen MR) is 67.9 cm³/mol. The summed E-state index contributed by atoms with van der Waals surface area (Å²) in [6.07, 6.45) is 2.72. The normalized spacial score (nSPS) is 22.2. The Labute approximate surface area is 105 Å². The van der Waals surface area contributed by atoms with Crippen LogP contribution in [0.25, 0.3) is 0 Å². The van der Waals surface area contributed by atoms with Gasteiger partial charge >= 0.3 is 0 Å². The lowest BCUT2D eigenvalue weighted by Gasteiger charge is -2.18. The molecule has 0 N–H and O–H groups in total. The van der Waals surface area contributed by atoms with Crippen LogP contribution in [0.4, 0.5) is 0 Å². The molecule has 0 amide bonds. The molecular formula is C13H17BrO2. The summed E-state index contributed by atoms with van der Waals surface area (Å²) in [6.45, 7) is 1.59. The summed E-state index contributed by atoms with van der Waals surface area (Å²) in [5, 5.41) is 0.823. The van der Waals surface area contributed by atoms with Crippen LogP contribution < -0.4 is 0 Å². The molecule has 1 fully saturated rings. The Kier molecular flexibility index (Phi) is 4.82. The van der Waals surface area contributed by atoms with Gasteiger partial charge in [-0.25, -0.2) is 0 Å². The first kappa shape index (κ1) is 12.1. The van der Waals surface area contributed by atoms with E-state index >= 15 is 0 Å². The zero-order valence-corrected chi connectivity index (χ0v) is 10.9. The Morgan fingerprint density at radius 3 is 2.81 bits per heavy atom. The number of halogens is 1. The van der Waals surface area contributed by atoms with Gasteiger partial charge in [-0.3, -0.25) is 0 Å². The van der Waals surface area contributed by atoms with Crippen LogP contribution in [0, 0.1) is 0 Å². The lowest BCUT2D eigenvalue weighted by atomic mass is 10.1. The van der Waals surface area contributed by atoms with Crippen LogP contribution in [-0.2, 0) is 9.47 Å². The third-order valence-electron chi connectivity index (χ3n) is 2.82. The molecule has 2 nitrogen and oxygen atoms in total. The summed E-state index contributed by atoms with van der Waals surface area (Å²) < 4.78 is 11.4. The van der Waals surface area contributed by atoms with Crippen LogP contribution in [0.2, 0.25) is 0 Å². The third-order valence-corrected chi connectivity index (χ3v) is 3.41. The molecule has 1 saturated heterocycles. The molecule has 16 heavy (non-hydrogen) atoms. The molecular weight excluding hydrogens is 268 g/mol. The molecule has 2 atom stereocenters. The maximum absolute atomic E-state index is 5.89. The largest absolute Gasteiger partial charge is 0.376 e. The van der Waals surface area contributed by atoms with Crippen LogP contribution in [0.15, 0.2) is 30.3 Å². The van der Waals surface area contributed by atoms with Gasteiger partial charge in [0.1, 0.15) is 0 Å². The van der Waals surface area contributed by atoms with Crippen molar-refractivity contribution in [3.05, 3.63) is 35.9 Å². The molecule has 1 aromatic carbocycles. The van der Waals surface area contributed by atoms with Crippen molar-refractivity contribution < 1.29 is 9.47 Å². The van der Waals surface area contributed by atoms with E-state index in [9.17, 15) is 0 Å². The van der Waals surface area contributed by atoms with E-state index in [4.69, 9.17) is 9.47 Å². The van der Waals surface area contributed by atoms with E-state index in [-0.39, 0.29) is 6.10 Å². The molecule has 2 rings (SSSR count). The maximum Gasteiger partial charge on any atom is 0.0922 e. The summed E-state index contributed by atoms with van der Waals surface area (Å²) in [5.74, 6) is 0. The number of benzene rings is 1. The Bertz CT molecular complexity index is 296. The van der Waals surface area contributed by atoms with Crippen molar-refractivity contribution in [2.75, 3.05) is 18.5 Å². The Morgan fingerprint density at radius 1 is 1.38 bits per heavy atom. The molecule has 1 aliphatic rings. The monoisotopic (exact) mass is 284 g/mol. The molecule has 0 saturated carbocycles. The zero-order chi connectivity index (χ0) is 11.2. The fraction of sp³-hybridized carbons (Fsp3) is 0.538. The molecule has 2 unspecified atom stereocenters. The number of alkyl halides is 1. The standard InChI is InChI=1S/C13H17BrO2/c14-9-13(11-5-2-1-3-6-11)16-10-12-7-4-8-15-12/h1-3,5-6,12-13H,4,7-10H2. The van der Waals surface area contributed by atoms with Crippen LogP contribution in [0.5, 0.6) is 0 Å². The van der Waals surface area contributed by atoms with E-state index in [1.165, 1.54) is 12.0 Å². The zero-order valence-electron chi connectivity index (χ0n) is 9.27. The van der Waals surface area contributed by atoms with Gasteiger partial charge in [0.25, 0.3) is 0 Å². The minimum absolute atomic E-state index is 0.130. The van der Waals surface area contributed by atoms with Gasteiger partial charge in [0, 0.05) is 11.9 Å². The second-order valence-corrected chi connectivity index (χ2v) is 4.67. The summed E-state index contributed by atoms with van der Waals surface area (Å²) >= 11 is 3.50. The van der Waals surface area contributed by atoms with Crippen molar-refractivity contribution in [2.45, 2.75) is 25.0 Å². The molecule has 1 heterocycles. The molecule has 0 aromatic heterocycles. The maximum atomic E-state index is 5.89. The Balaban J connectivity index is 1.85. The van der Waals surface area contributed by atoms with E-state index in [1.807, 2.05) is 18.2 Å². The molecule has 1 aliphatic heterocycles. The average Bonchev–Trinajstić information content (AvgIpc) is 2.84. The number of ether oxygens (including phenoxy) is 2. The van der Waals surface area contributed by atoms with Crippen molar-refractivity contribution in [1.82, 2.24) is 0 Å². The molecule has 3 heteroatoms. The summed E-state index contributed by atoms with van der Waals surface area (Å²) in [5.41, 5.74) is 1.22. The van der Waals surface area contributed by atoms with E-state index in [0.717, 1.165) is 18.4 Å². The number of hydrogen-bond acceptors (Lipinski definition) is 2. The fourth-order valence-electron chi connectivity index (χ4n) is 1.90. The van der Waals surface area contributed by atoms with Gasteiger partial charge in [-0.15, -0.1) is 0 Å². The van der Waals surface area contributed by atoms with Crippen LogP contribution in [0.1, 0.15) is 24.5 Å². The predicted octanol–water partition coefficient (Wildman–Crippen LogP) is 3.32. The highest BCUT2D eigenvalue weighted by atomic mass is 79.9. The smallest absolute Gasteiger partial charge is 0.0922 e. The van der Waals surface area contributed by atoms with Gasteiger partial charge in [-0.05, 0) is 18.4 Å². The highest BCUT2D eigenvalue weighted by Crippen LogP contribution is 2.21. The molecule has 0 bridgehead atoms. The quantitative estimate of drug-likeness (QED) is 0.773. The lowest BCUT2D eigenvalue weighted by molar-refractivity contribution is -0.0127. The van der Waals surface area contributed by atoms with E-state index in [1.54, 1.807) is 0 Å². The Hall–Kier alpha value is -0.380. The van der Waals surface area contributed by atoms with Gasteiger partial charge in [0.05, 0.1) is 18.8 Å². The van der Waals surface area contributed by atoms with Crippen molar-refractivity contribution in [3.8, 4) is 0 Å². The summed E-state index contributed by atoms with van der Waals surface area (Å²) in [6, 6.07) is 10.3. The fourth-order valence-corrected chi connectivity index (χ4v) is 2.46. The lowest BCUT2D eigenvalue weighted by Crippen LogP contribution is -2.17. The second kappa shape index (κ2) is 6.38. The minimum atomic E-state index is 0.130. The van der Waals surface area contributed by atoms with E-state index in [2.05, 4.69) is 28.1 Å². The second-order valence-electron chi connectivity index (χ2n) is 4.02. The molecule has 1 aromatic rings. The SMILES string of the molecule is BrCC(OCC1CCCO1)c1ccccc1. The van der Waals surface area contributed by atoms with E-state index < -0.39 is 0 Å². The van der Waals surface area contributed by atoms with Crippen LogP contribution >= 0.6 is 15.9 Å². The minimum Gasteiger partial charge on any atom is -0.376 e. The van der Waals surface area contributed by atoms with Gasteiger partial charge in [-0.2, -0.15) is 0 Å². The van der Waals surface area contributed by atoms with Gasteiger partial charge in [-0.1, -0.05) is 46.3 Å². The van der Waals surface area contributed by atoms with Gasteiger partial charge < -0.3 is 9.47 Å². The highest BCUT2D eigenvalue weighted by Gasteiger charge is 2.18. The summed E-state index contributed by atoms with van der Waals surface area (Å²) in [7, 11) is 0. The molecule has 0 radical (unpaired) electrons. The first-order valence-electron chi connectivity index (χ1n) is 5.74.